The maximum absolute atomic E-state index is 12.7. The van der Waals surface area contributed by atoms with Gasteiger partial charge in [0.05, 0.1) is 18.5 Å². The summed E-state index contributed by atoms with van der Waals surface area (Å²) >= 11 is 0. The van der Waals surface area contributed by atoms with E-state index >= 15 is 0 Å². The number of nitrogens with one attached hydrogen (secondary N) is 2. The zero-order valence-corrected chi connectivity index (χ0v) is 23.0. The molecular weight excluding hydrogens is 470 g/mol. The quantitative estimate of drug-likeness (QED) is 0.411. The zero-order valence-electron chi connectivity index (χ0n) is 23.0. The number of guanidine groups is 1. The van der Waals surface area contributed by atoms with Crippen molar-refractivity contribution in [2.24, 2.45) is 9.98 Å². The molecule has 37 heavy (non-hydrogen) atoms. The maximum atomic E-state index is 12.7. The lowest BCUT2D eigenvalue weighted by Gasteiger charge is -2.31. The smallest absolute Gasteiger partial charge is 0.251 e. The van der Waals surface area contributed by atoms with Gasteiger partial charge in [-0.25, -0.2) is 4.99 Å². The van der Waals surface area contributed by atoms with Gasteiger partial charge in [0.15, 0.2) is 5.82 Å². The second-order valence-electron chi connectivity index (χ2n) is 10.0. The second-order valence-corrected chi connectivity index (χ2v) is 10.0. The van der Waals surface area contributed by atoms with E-state index in [4.69, 9.17) is 9.73 Å². The first kappa shape index (κ1) is 28.2. The Hall–Kier alpha value is -3.40. The summed E-state index contributed by atoms with van der Waals surface area (Å²) in [5, 5.41) is 6.20. The highest BCUT2D eigenvalue weighted by molar-refractivity contribution is 6.00. The normalized spacial score (nSPS) is 18.2. The molecule has 2 aliphatic rings. The third kappa shape index (κ3) is 7.09. The molecule has 0 radical (unpaired) electrons. The molecule has 1 aromatic rings. The molecule has 0 aromatic heterocycles. The van der Waals surface area contributed by atoms with Gasteiger partial charge in [0.2, 0.25) is 11.9 Å². The number of allylic oxidation sites excluding steroid dienone is 1. The van der Waals surface area contributed by atoms with Crippen LogP contribution in [-0.4, -0.2) is 92.6 Å². The molecule has 1 aliphatic carbocycles. The van der Waals surface area contributed by atoms with Crippen LogP contribution >= 0.6 is 0 Å². The Morgan fingerprint density at radius 2 is 2.00 bits per heavy atom. The Bertz CT molecular complexity index is 1060. The molecule has 1 aromatic carbocycles. The predicted octanol–water partition coefficient (Wildman–Crippen LogP) is 3.14. The molecular formula is C27H41N7O3. The van der Waals surface area contributed by atoms with E-state index < -0.39 is 0 Å². The zero-order chi connectivity index (χ0) is 27.1. The van der Waals surface area contributed by atoms with Crippen LogP contribution in [0.3, 0.4) is 0 Å². The predicted molar refractivity (Wildman–Crippen MR) is 148 cm³/mol. The van der Waals surface area contributed by atoms with Crippen molar-refractivity contribution in [2.45, 2.75) is 58.0 Å². The highest BCUT2D eigenvalue weighted by Crippen LogP contribution is 2.31. The van der Waals surface area contributed by atoms with Crippen LogP contribution in [0, 0.1) is 0 Å². The van der Waals surface area contributed by atoms with Crippen molar-refractivity contribution in [2.75, 3.05) is 46.7 Å². The SMILES string of the molecule is C=N/C(=N\C1=C(C)N(C)C(=O)CCN1C1CCCC1)Nc1ccc(C(=O)NC(C)CN(C)C)cc1OC. The van der Waals surface area contributed by atoms with Gasteiger partial charge in [-0.3, -0.25) is 9.59 Å². The average molecular weight is 512 g/mol. The number of rotatable bonds is 8. The van der Waals surface area contributed by atoms with E-state index in [1.165, 1.54) is 12.8 Å². The van der Waals surface area contributed by atoms with E-state index in [9.17, 15) is 9.59 Å². The minimum atomic E-state index is -0.172. The largest absolute Gasteiger partial charge is 0.495 e. The first-order valence-electron chi connectivity index (χ1n) is 12.8. The van der Waals surface area contributed by atoms with Crippen LogP contribution in [-0.2, 0) is 4.79 Å². The van der Waals surface area contributed by atoms with Gasteiger partial charge in [-0.1, -0.05) is 12.8 Å². The summed E-state index contributed by atoms with van der Waals surface area (Å²) in [6.45, 7) is 8.95. The third-order valence-corrected chi connectivity index (χ3v) is 6.89. The molecule has 0 saturated heterocycles. The van der Waals surface area contributed by atoms with E-state index in [2.05, 4.69) is 27.2 Å². The minimum absolute atomic E-state index is 0.00101. The average Bonchev–Trinajstić information content (AvgIpc) is 3.37. The van der Waals surface area contributed by atoms with Crippen LogP contribution < -0.4 is 15.4 Å². The molecule has 1 saturated carbocycles. The summed E-state index contributed by atoms with van der Waals surface area (Å²) in [6, 6.07) is 5.54. The van der Waals surface area contributed by atoms with E-state index in [1.54, 1.807) is 37.3 Å². The van der Waals surface area contributed by atoms with Crippen LogP contribution in [0.25, 0.3) is 0 Å². The Morgan fingerprint density at radius 1 is 1.30 bits per heavy atom. The summed E-state index contributed by atoms with van der Waals surface area (Å²) in [5.74, 6) is 1.39. The van der Waals surface area contributed by atoms with Gasteiger partial charge in [0.25, 0.3) is 5.91 Å². The lowest BCUT2D eigenvalue weighted by Crippen LogP contribution is -2.39. The summed E-state index contributed by atoms with van der Waals surface area (Å²) in [4.78, 5) is 40.2. The minimum Gasteiger partial charge on any atom is -0.495 e. The van der Waals surface area contributed by atoms with Crippen LogP contribution in [0.5, 0.6) is 5.75 Å². The van der Waals surface area contributed by atoms with Gasteiger partial charge in [-0.15, -0.1) is 0 Å². The van der Waals surface area contributed by atoms with Crippen molar-refractivity contribution in [3.63, 3.8) is 0 Å². The number of anilines is 1. The number of ether oxygens (including phenoxy) is 1. The van der Waals surface area contributed by atoms with E-state index in [0.29, 0.717) is 36.0 Å². The number of carbonyl (C=O) groups is 2. The first-order valence-corrected chi connectivity index (χ1v) is 12.8. The fourth-order valence-electron chi connectivity index (χ4n) is 4.91. The van der Waals surface area contributed by atoms with Crippen molar-refractivity contribution < 1.29 is 14.3 Å². The van der Waals surface area contributed by atoms with Crippen molar-refractivity contribution >= 4 is 30.2 Å². The van der Waals surface area contributed by atoms with Crippen molar-refractivity contribution in [1.82, 2.24) is 20.0 Å². The van der Waals surface area contributed by atoms with Gasteiger partial charge < -0.3 is 30.1 Å². The van der Waals surface area contributed by atoms with Crippen LogP contribution in [0.1, 0.15) is 56.3 Å². The third-order valence-electron chi connectivity index (χ3n) is 6.89. The molecule has 2 N–H and O–H groups in total. The molecule has 10 nitrogen and oxygen atoms in total. The van der Waals surface area contributed by atoms with Gasteiger partial charge in [0.1, 0.15) is 5.75 Å². The van der Waals surface area contributed by atoms with Gasteiger partial charge in [-0.2, -0.15) is 4.99 Å². The highest BCUT2D eigenvalue weighted by Gasteiger charge is 2.31. The molecule has 10 heteroatoms. The number of methoxy groups -OCH3 is 1. The number of aliphatic imine (C=N–C) groups is 2. The second kappa shape index (κ2) is 12.7. The van der Waals surface area contributed by atoms with E-state index in [1.807, 2.05) is 32.8 Å². The number of nitrogens with zero attached hydrogens (tertiary/aromatic N) is 5. The molecule has 1 unspecified atom stereocenters. The molecule has 1 atom stereocenters. The number of carbonyl (C=O) groups excluding carboxylic acids is 2. The summed E-state index contributed by atoms with van der Waals surface area (Å²) in [6.07, 6.45) is 4.96. The molecule has 1 aliphatic heterocycles. The molecule has 0 spiro atoms. The highest BCUT2D eigenvalue weighted by atomic mass is 16.5. The van der Waals surface area contributed by atoms with Crippen molar-refractivity contribution in [3.05, 3.63) is 35.3 Å². The van der Waals surface area contributed by atoms with Crippen molar-refractivity contribution in [3.8, 4) is 5.75 Å². The summed E-state index contributed by atoms with van der Waals surface area (Å²) in [7, 11) is 7.27. The van der Waals surface area contributed by atoms with Crippen molar-refractivity contribution in [1.29, 1.82) is 0 Å². The van der Waals surface area contributed by atoms with Crippen LogP contribution in [0.15, 0.2) is 39.7 Å². The molecule has 202 valence electrons. The lowest BCUT2D eigenvalue weighted by molar-refractivity contribution is -0.127. The molecule has 0 bridgehead atoms. The Balaban J connectivity index is 1.88. The van der Waals surface area contributed by atoms with E-state index in [-0.39, 0.29) is 23.8 Å². The van der Waals surface area contributed by atoms with Gasteiger partial charge in [-0.05, 0) is 65.7 Å². The Labute approximate surface area is 220 Å². The first-order chi connectivity index (χ1) is 17.6. The molecule has 2 amide bonds. The van der Waals surface area contributed by atoms with E-state index in [0.717, 1.165) is 30.9 Å². The standard InChI is InChI=1S/C27H41N7O3/c1-18(17-32(4)5)29-26(36)20-12-13-22(23(16-20)37-7)30-27(28-3)31-25-19(2)33(6)24(35)14-15-34(25)21-10-8-9-11-21/h12-13,16,18,21H,3,8-11,14-15,17H2,1-2,4-7H3,(H,29,36)(H,30,31). The molecule has 1 heterocycles. The fourth-order valence-corrected chi connectivity index (χ4v) is 4.91. The number of hydrogen-bond donors (Lipinski definition) is 2. The number of likely N-dealkylation sites (N-methyl/N-ethyl adjacent to an activating group) is 1. The Morgan fingerprint density at radius 3 is 2.62 bits per heavy atom. The van der Waals surface area contributed by atoms with Gasteiger partial charge >= 0.3 is 0 Å². The van der Waals surface area contributed by atoms with Crippen LogP contribution in [0.2, 0.25) is 0 Å². The number of hydrogen-bond acceptors (Lipinski definition) is 6. The number of benzene rings is 1. The lowest BCUT2D eigenvalue weighted by atomic mass is 10.1. The van der Waals surface area contributed by atoms with Crippen LogP contribution in [0.4, 0.5) is 5.69 Å². The van der Waals surface area contributed by atoms with Gasteiger partial charge in [0, 0.05) is 44.2 Å². The maximum Gasteiger partial charge on any atom is 0.251 e. The summed E-state index contributed by atoms with van der Waals surface area (Å²) < 4.78 is 5.57. The monoisotopic (exact) mass is 511 g/mol. The summed E-state index contributed by atoms with van der Waals surface area (Å²) in [5.41, 5.74) is 1.88. The number of amides is 2. The Kier molecular flexibility index (Phi) is 9.68. The molecule has 3 rings (SSSR count). The molecule has 1 fully saturated rings. The topological polar surface area (TPSA) is 102 Å². The fraction of sp³-hybridized carbons (Fsp3) is 0.556.